The third-order valence-corrected chi connectivity index (χ3v) is 4.18. The van der Waals surface area contributed by atoms with Gasteiger partial charge in [-0.15, -0.1) is 0 Å². The van der Waals surface area contributed by atoms with Gasteiger partial charge in [-0.05, 0) is 31.3 Å². The van der Waals surface area contributed by atoms with Gasteiger partial charge in [-0.2, -0.15) is 0 Å². The Morgan fingerprint density at radius 2 is 2.06 bits per heavy atom. The van der Waals surface area contributed by atoms with E-state index in [1.807, 2.05) is 20.8 Å². The van der Waals surface area contributed by atoms with E-state index in [1.54, 1.807) is 0 Å². The van der Waals surface area contributed by atoms with Gasteiger partial charge >= 0.3 is 0 Å². The summed E-state index contributed by atoms with van der Waals surface area (Å²) < 4.78 is 11.8. The van der Waals surface area contributed by atoms with Crippen molar-refractivity contribution < 1.29 is 14.6 Å². The fourth-order valence-corrected chi connectivity index (χ4v) is 2.62. The molecule has 0 aromatic heterocycles. The van der Waals surface area contributed by atoms with E-state index < -0.39 is 6.10 Å². The zero-order valence-corrected chi connectivity index (χ0v) is 11.9. The van der Waals surface area contributed by atoms with E-state index in [-0.39, 0.29) is 17.1 Å². The van der Waals surface area contributed by atoms with Gasteiger partial charge in [0.15, 0.2) is 0 Å². The number of hydrogen-bond donors (Lipinski definition) is 2. The van der Waals surface area contributed by atoms with Crippen LogP contribution in [0.2, 0.25) is 0 Å². The van der Waals surface area contributed by atoms with Crippen molar-refractivity contribution in [1.29, 1.82) is 0 Å². The number of nitrogens with one attached hydrogen (secondary N) is 1. The van der Waals surface area contributed by atoms with Gasteiger partial charge in [0.2, 0.25) is 0 Å². The maximum absolute atomic E-state index is 9.97. The Labute approximate surface area is 110 Å². The van der Waals surface area contributed by atoms with E-state index in [9.17, 15) is 5.11 Å². The lowest BCUT2D eigenvalue weighted by Crippen LogP contribution is -2.41. The Morgan fingerprint density at radius 3 is 2.67 bits per heavy atom. The van der Waals surface area contributed by atoms with E-state index in [0.717, 1.165) is 32.4 Å². The molecule has 18 heavy (non-hydrogen) atoms. The molecular weight excluding hydrogens is 230 g/mol. The quantitative estimate of drug-likeness (QED) is 0.800. The van der Waals surface area contributed by atoms with Crippen molar-refractivity contribution in [2.75, 3.05) is 26.3 Å². The van der Waals surface area contributed by atoms with Crippen LogP contribution in [0.5, 0.6) is 0 Å². The zero-order valence-electron chi connectivity index (χ0n) is 11.9. The van der Waals surface area contributed by atoms with Gasteiger partial charge < -0.3 is 19.9 Å². The molecular formula is C14H27NO3. The SMILES string of the molecule is CC(C)(C)C(O)COC1COC2(CCNCC2)C1. The molecule has 4 nitrogen and oxygen atoms in total. The van der Waals surface area contributed by atoms with Gasteiger partial charge in [-0.1, -0.05) is 20.8 Å². The van der Waals surface area contributed by atoms with Crippen molar-refractivity contribution >= 4 is 0 Å². The van der Waals surface area contributed by atoms with Crippen molar-refractivity contribution in [2.24, 2.45) is 5.41 Å². The highest BCUT2D eigenvalue weighted by molar-refractivity contribution is 4.93. The molecule has 0 radical (unpaired) electrons. The summed E-state index contributed by atoms with van der Waals surface area (Å²) in [6, 6.07) is 0. The summed E-state index contributed by atoms with van der Waals surface area (Å²) in [5.41, 5.74) is -0.0749. The van der Waals surface area contributed by atoms with Crippen LogP contribution in [0.1, 0.15) is 40.0 Å². The average molecular weight is 257 g/mol. The van der Waals surface area contributed by atoms with Crippen LogP contribution in [0.25, 0.3) is 0 Å². The molecule has 2 saturated heterocycles. The average Bonchev–Trinajstić information content (AvgIpc) is 2.69. The highest BCUT2D eigenvalue weighted by Crippen LogP contribution is 2.35. The number of rotatable bonds is 3. The number of aliphatic hydroxyl groups is 1. The molecule has 0 bridgehead atoms. The smallest absolute Gasteiger partial charge is 0.0837 e. The van der Waals surface area contributed by atoms with Crippen LogP contribution in [0.15, 0.2) is 0 Å². The molecule has 0 aromatic rings. The monoisotopic (exact) mass is 257 g/mol. The van der Waals surface area contributed by atoms with E-state index >= 15 is 0 Å². The Bertz CT molecular complexity index is 269. The molecule has 2 fully saturated rings. The molecule has 0 amide bonds. The van der Waals surface area contributed by atoms with Crippen LogP contribution in [0.3, 0.4) is 0 Å². The molecule has 2 unspecified atom stereocenters. The van der Waals surface area contributed by atoms with Crippen LogP contribution < -0.4 is 5.32 Å². The summed E-state index contributed by atoms with van der Waals surface area (Å²) in [5.74, 6) is 0. The van der Waals surface area contributed by atoms with E-state index in [1.165, 1.54) is 0 Å². The Hall–Kier alpha value is -0.160. The van der Waals surface area contributed by atoms with E-state index in [4.69, 9.17) is 9.47 Å². The highest BCUT2D eigenvalue weighted by Gasteiger charge is 2.41. The minimum absolute atomic E-state index is 0.0442. The minimum Gasteiger partial charge on any atom is -0.390 e. The summed E-state index contributed by atoms with van der Waals surface area (Å²) >= 11 is 0. The molecule has 0 aromatic carbocycles. The van der Waals surface area contributed by atoms with Crippen molar-refractivity contribution in [1.82, 2.24) is 5.32 Å². The van der Waals surface area contributed by atoms with Crippen LogP contribution >= 0.6 is 0 Å². The third kappa shape index (κ3) is 3.44. The number of aliphatic hydroxyl groups excluding tert-OH is 1. The third-order valence-electron chi connectivity index (χ3n) is 4.18. The molecule has 2 aliphatic rings. The normalized spacial score (nSPS) is 29.7. The summed E-state index contributed by atoms with van der Waals surface area (Å²) in [6.45, 7) is 9.25. The first kappa shape index (κ1) is 14.3. The summed E-state index contributed by atoms with van der Waals surface area (Å²) in [6.07, 6.45) is 2.87. The van der Waals surface area contributed by atoms with Crippen molar-refractivity contribution in [2.45, 2.75) is 57.8 Å². The largest absolute Gasteiger partial charge is 0.390 e. The lowest BCUT2D eigenvalue weighted by molar-refractivity contribution is -0.0530. The van der Waals surface area contributed by atoms with E-state index in [2.05, 4.69) is 5.32 Å². The van der Waals surface area contributed by atoms with Gasteiger partial charge in [0.25, 0.3) is 0 Å². The molecule has 2 aliphatic heterocycles. The molecule has 2 heterocycles. The molecule has 1 spiro atoms. The van der Waals surface area contributed by atoms with Crippen molar-refractivity contribution in [3.05, 3.63) is 0 Å². The molecule has 106 valence electrons. The number of ether oxygens (including phenoxy) is 2. The van der Waals surface area contributed by atoms with Crippen LogP contribution in [0, 0.1) is 5.41 Å². The first-order valence-electron chi connectivity index (χ1n) is 7.06. The van der Waals surface area contributed by atoms with Gasteiger partial charge in [-0.25, -0.2) is 0 Å². The number of hydrogen-bond acceptors (Lipinski definition) is 4. The van der Waals surface area contributed by atoms with Crippen LogP contribution in [0.4, 0.5) is 0 Å². The van der Waals surface area contributed by atoms with Gasteiger partial charge in [0.05, 0.1) is 31.0 Å². The van der Waals surface area contributed by atoms with Crippen molar-refractivity contribution in [3.8, 4) is 0 Å². The predicted molar refractivity (Wildman–Crippen MR) is 70.6 cm³/mol. The topological polar surface area (TPSA) is 50.7 Å². The molecule has 0 aliphatic carbocycles. The molecule has 4 heteroatoms. The van der Waals surface area contributed by atoms with Gasteiger partial charge in [0, 0.05) is 6.42 Å². The first-order valence-corrected chi connectivity index (χ1v) is 7.06. The Kier molecular flexibility index (Phi) is 4.32. The van der Waals surface area contributed by atoms with Gasteiger partial charge in [-0.3, -0.25) is 0 Å². The van der Waals surface area contributed by atoms with Crippen LogP contribution in [-0.2, 0) is 9.47 Å². The fraction of sp³-hybridized carbons (Fsp3) is 1.00. The summed E-state index contributed by atoms with van der Waals surface area (Å²) in [5, 5.41) is 13.3. The molecule has 2 N–H and O–H groups in total. The fourth-order valence-electron chi connectivity index (χ4n) is 2.62. The molecule has 2 rings (SSSR count). The molecule has 2 atom stereocenters. The van der Waals surface area contributed by atoms with E-state index in [0.29, 0.717) is 13.2 Å². The summed E-state index contributed by atoms with van der Waals surface area (Å²) in [7, 11) is 0. The summed E-state index contributed by atoms with van der Waals surface area (Å²) in [4.78, 5) is 0. The number of piperidine rings is 1. The standard InChI is InChI=1S/C14H27NO3/c1-13(2,3)12(16)10-17-11-8-14(18-9-11)4-6-15-7-5-14/h11-12,15-16H,4-10H2,1-3H3. The predicted octanol–water partition coefficient (Wildman–Crippen LogP) is 1.32. The second-order valence-electron chi connectivity index (χ2n) is 6.79. The van der Waals surface area contributed by atoms with Crippen molar-refractivity contribution in [3.63, 3.8) is 0 Å². The lowest BCUT2D eigenvalue weighted by Gasteiger charge is -2.33. The lowest BCUT2D eigenvalue weighted by atomic mass is 9.88. The van der Waals surface area contributed by atoms with Gasteiger partial charge in [0.1, 0.15) is 0 Å². The second-order valence-corrected chi connectivity index (χ2v) is 6.79. The Morgan fingerprint density at radius 1 is 1.39 bits per heavy atom. The maximum atomic E-state index is 9.97. The zero-order chi connectivity index (χ0) is 13.2. The minimum atomic E-state index is -0.415. The highest BCUT2D eigenvalue weighted by atomic mass is 16.6. The Balaban J connectivity index is 1.76. The van der Waals surface area contributed by atoms with Crippen LogP contribution in [-0.4, -0.2) is 49.2 Å². The maximum Gasteiger partial charge on any atom is 0.0837 e. The second kappa shape index (κ2) is 5.45. The first-order chi connectivity index (χ1) is 8.41. The molecule has 0 saturated carbocycles.